The molecular formula is C33H38FN3O5. The van der Waals surface area contributed by atoms with E-state index >= 15 is 4.39 Å². The minimum absolute atomic E-state index is 0.00411. The van der Waals surface area contributed by atoms with Gasteiger partial charge in [0.25, 0.3) is 5.91 Å². The van der Waals surface area contributed by atoms with Crippen LogP contribution in [0.3, 0.4) is 0 Å². The van der Waals surface area contributed by atoms with E-state index < -0.39 is 35.3 Å². The summed E-state index contributed by atoms with van der Waals surface area (Å²) in [6, 6.07) is 12.9. The first-order valence-electron chi connectivity index (χ1n) is 14.7. The van der Waals surface area contributed by atoms with Gasteiger partial charge < -0.3 is 24.5 Å². The summed E-state index contributed by atoms with van der Waals surface area (Å²) in [5.41, 5.74) is 0.717. The van der Waals surface area contributed by atoms with Crippen LogP contribution >= 0.6 is 0 Å². The van der Waals surface area contributed by atoms with Crippen LogP contribution < -0.4 is 9.80 Å². The van der Waals surface area contributed by atoms with Gasteiger partial charge in [0.1, 0.15) is 5.67 Å². The highest BCUT2D eigenvalue weighted by atomic mass is 19.1. The summed E-state index contributed by atoms with van der Waals surface area (Å²) in [7, 11) is 0. The molecule has 4 heterocycles. The zero-order valence-electron chi connectivity index (χ0n) is 24.4. The maximum atomic E-state index is 16.1. The van der Waals surface area contributed by atoms with Crippen LogP contribution in [0.2, 0.25) is 0 Å². The third-order valence-electron chi connectivity index (χ3n) is 9.68. The molecule has 2 saturated heterocycles. The second-order valence-electron chi connectivity index (χ2n) is 12.5. The van der Waals surface area contributed by atoms with Gasteiger partial charge in [-0.05, 0) is 49.6 Å². The zero-order chi connectivity index (χ0) is 30.0. The van der Waals surface area contributed by atoms with Crippen molar-refractivity contribution in [3.63, 3.8) is 0 Å². The minimum Gasteiger partial charge on any atom is -0.394 e. The highest BCUT2D eigenvalue weighted by molar-refractivity contribution is 6.09. The van der Waals surface area contributed by atoms with Crippen LogP contribution in [-0.4, -0.2) is 65.2 Å². The summed E-state index contributed by atoms with van der Waals surface area (Å²) in [5.74, 6) is -1.96. The van der Waals surface area contributed by atoms with Crippen LogP contribution in [0.4, 0.5) is 15.8 Å². The molecule has 1 spiro atoms. The van der Waals surface area contributed by atoms with Crippen LogP contribution in [-0.2, 0) is 37.7 Å². The summed E-state index contributed by atoms with van der Waals surface area (Å²) in [6.45, 7) is 9.57. The second kappa shape index (κ2) is 10.3. The fourth-order valence-electron chi connectivity index (χ4n) is 7.63. The summed E-state index contributed by atoms with van der Waals surface area (Å²) in [4.78, 5) is 45.4. The third kappa shape index (κ3) is 4.28. The molecule has 2 aromatic carbocycles. The van der Waals surface area contributed by atoms with E-state index in [9.17, 15) is 19.5 Å². The molecule has 0 aliphatic carbocycles. The Bertz CT molecular complexity index is 1450. The minimum atomic E-state index is -1.77. The highest BCUT2D eigenvalue weighted by Gasteiger charge is 2.66. The number of amides is 3. The number of rotatable bonds is 7. The number of hydrogen-bond donors (Lipinski definition) is 1. The number of ether oxygens (including phenoxy) is 1. The maximum Gasteiger partial charge on any atom is 0.264 e. The Morgan fingerprint density at radius 2 is 1.95 bits per heavy atom. The van der Waals surface area contributed by atoms with Crippen molar-refractivity contribution in [3.05, 3.63) is 71.8 Å². The first kappa shape index (κ1) is 28.6. The first-order chi connectivity index (χ1) is 20.0. The predicted molar refractivity (Wildman–Crippen MR) is 157 cm³/mol. The molecule has 0 saturated carbocycles. The van der Waals surface area contributed by atoms with Crippen LogP contribution in [0.15, 0.2) is 55.1 Å². The lowest BCUT2D eigenvalue weighted by Gasteiger charge is -2.37. The molecule has 2 fully saturated rings. The number of aliphatic hydroxyl groups is 1. The summed E-state index contributed by atoms with van der Waals surface area (Å²) < 4.78 is 22.8. The molecule has 1 N–H and O–H groups in total. The predicted octanol–water partition coefficient (Wildman–Crippen LogP) is 3.89. The van der Waals surface area contributed by atoms with Crippen LogP contribution in [0.25, 0.3) is 0 Å². The number of β-lactam (4-membered cyclic amide) rings is 1. The first-order valence-corrected chi connectivity index (χ1v) is 14.7. The molecule has 6 rings (SSSR count). The van der Waals surface area contributed by atoms with Gasteiger partial charge in [0, 0.05) is 49.1 Å². The number of nitrogens with zero attached hydrogens (tertiary/aromatic N) is 3. The fourth-order valence-corrected chi connectivity index (χ4v) is 7.63. The summed E-state index contributed by atoms with van der Waals surface area (Å²) in [6.07, 6.45) is 1.61. The third-order valence-corrected chi connectivity index (χ3v) is 9.68. The van der Waals surface area contributed by atoms with Crippen molar-refractivity contribution in [3.8, 4) is 0 Å². The van der Waals surface area contributed by atoms with E-state index in [1.165, 1.54) is 13.8 Å². The molecule has 5 atom stereocenters. The fraction of sp³-hybridized carbons (Fsp3) is 0.485. The molecule has 4 aliphatic heterocycles. The van der Waals surface area contributed by atoms with Crippen molar-refractivity contribution in [2.75, 3.05) is 29.5 Å². The van der Waals surface area contributed by atoms with E-state index in [0.29, 0.717) is 42.9 Å². The molecule has 0 unspecified atom stereocenters. The van der Waals surface area contributed by atoms with Gasteiger partial charge in [-0.15, -0.1) is 6.58 Å². The Balaban J connectivity index is 1.37. The Morgan fingerprint density at radius 3 is 2.57 bits per heavy atom. The van der Waals surface area contributed by atoms with Gasteiger partial charge in [0.05, 0.1) is 30.9 Å². The molecular weight excluding hydrogens is 537 g/mol. The number of aliphatic hydroxyl groups excluding tert-OH is 1. The average Bonchev–Trinajstić information content (AvgIpc) is 3.37. The van der Waals surface area contributed by atoms with E-state index in [0.717, 1.165) is 11.1 Å². The second-order valence-corrected chi connectivity index (χ2v) is 12.5. The molecule has 42 heavy (non-hydrogen) atoms. The molecule has 2 aromatic rings. The molecule has 3 amide bonds. The number of benzene rings is 2. The highest BCUT2D eigenvalue weighted by Crippen LogP contribution is 2.59. The average molecular weight is 576 g/mol. The quantitative estimate of drug-likeness (QED) is 0.400. The lowest BCUT2D eigenvalue weighted by molar-refractivity contribution is -0.151. The topological polar surface area (TPSA) is 90.4 Å². The molecule has 0 bridgehead atoms. The number of carbonyl (C=O) groups excluding carboxylic acids is 3. The summed E-state index contributed by atoms with van der Waals surface area (Å²) >= 11 is 0. The van der Waals surface area contributed by atoms with Crippen molar-refractivity contribution in [1.82, 2.24) is 4.90 Å². The van der Waals surface area contributed by atoms with Crippen molar-refractivity contribution >= 4 is 29.1 Å². The normalized spacial score (nSPS) is 28.6. The van der Waals surface area contributed by atoms with Gasteiger partial charge in [-0.3, -0.25) is 14.4 Å². The van der Waals surface area contributed by atoms with Gasteiger partial charge in [-0.2, -0.15) is 0 Å². The monoisotopic (exact) mass is 575 g/mol. The van der Waals surface area contributed by atoms with Gasteiger partial charge in [-0.1, -0.05) is 37.3 Å². The number of alkyl halides is 1. The number of hydrogen-bond acceptors (Lipinski definition) is 5. The lowest BCUT2D eigenvalue weighted by atomic mass is 9.71. The molecule has 222 valence electrons. The van der Waals surface area contributed by atoms with E-state index in [4.69, 9.17) is 4.74 Å². The van der Waals surface area contributed by atoms with E-state index in [1.807, 2.05) is 49.4 Å². The Hall–Kier alpha value is -3.56. The van der Waals surface area contributed by atoms with Gasteiger partial charge in [-0.25, -0.2) is 4.39 Å². The summed E-state index contributed by atoms with van der Waals surface area (Å²) in [5, 5.41) is 10.2. The van der Waals surface area contributed by atoms with Crippen LogP contribution in [0.5, 0.6) is 0 Å². The van der Waals surface area contributed by atoms with Crippen molar-refractivity contribution in [1.29, 1.82) is 0 Å². The number of carbonyl (C=O) groups is 3. The van der Waals surface area contributed by atoms with E-state index in [2.05, 4.69) is 6.58 Å². The van der Waals surface area contributed by atoms with Crippen molar-refractivity contribution < 1.29 is 28.6 Å². The molecule has 9 heteroatoms. The standard InChI is InChI=1S/C33H38FN3O5/c1-5-13-36-26-11-10-23(35-14-12-28(35)39)16-25(26)33(31(36)41)20(2)30(32(3,4)34)27(42-33)17-29(40)37-18-22-9-7-6-8-21(22)15-24(37)19-38/h5-11,16,20,24,27,30,38H,1,12-15,17-19H2,2-4H3/t20-,24+,27+,30-,33+/m1/s1. The maximum absolute atomic E-state index is 16.1. The number of fused-ring (bicyclic) bond motifs is 3. The van der Waals surface area contributed by atoms with Crippen LogP contribution in [0.1, 0.15) is 50.3 Å². The van der Waals surface area contributed by atoms with Gasteiger partial charge in [0.2, 0.25) is 11.8 Å². The Kier molecular flexibility index (Phi) is 7.01. The molecule has 0 radical (unpaired) electrons. The molecule has 8 nitrogen and oxygen atoms in total. The molecule has 0 aromatic heterocycles. The molecule has 4 aliphatic rings. The van der Waals surface area contributed by atoms with Gasteiger partial charge >= 0.3 is 0 Å². The number of halogens is 1. The Labute approximate surface area is 245 Å². The largest absolute Gasteiger partial charge is 0.394 e. The van der Waals surface area contributed by atoms with Crippen LogP contribution in [0, 0.1) is 11.8 Å². The smallest absolute Gasteiger partial charge is 0.264 e. The van der Waals surface area contributed by atoms with E-state index in [1.54, 1.807) is 20.8 Å². The van der Waals surface area contributed by atoms with E-state index in [-0.39, 0.29) is 37.3 Å². The lowest BCUT2D eigenvalue weighted by Crippen LogP contribution is -2.48. The van der Waals surface area contributed by atoms with Gasteiger partial charge in [0.15, 0.2) is 5.60 Å². The Morgan fingerprint density at radius 1 is 1.21 bits per heavy atom. The number of anilines is 2. The SMILES string of the molecule is C=CCN1C(=O)[C@@]2(O[C@@H](CC(=O)N3Cc4ccccc4C[C@H]3CO)[C@H](C(C)(C)F)[C@H]2C)c2cc(N3CCC3=O)ccc21. The zero-order valence-corrected chi connectivity index (χ0v) is 24.4. The van der Waals surface area contributed by atoms with Crippen molar-refractivity contribution in [2.24, 2.45) is 11.8 Å². The van der Waals surface area contributed by atoms with Crippen molar-refractivity contribution in [2.45, 2.75) is 70.0 Å².